The maximum Gasteiger partial charge on any atom is 0.263 e. The van der Waals surface area contributed by atoms with Crippen LogP contribution in [0, 0.1) is 11.8 Å². The average molecular weight is 945 g/mol. The van der Waals surface area contributed by atoms with Crippen molar-refractivity contribution >= 4 is 68.5 Å². The zero-order valence-corrected chi connectivity index (χ0v) is 41.7. The van der Waals surface area contributed by atoms with Crippen LogP contribution in [0.4, 0.5) is 34.1 Å². The average Bonchev–Trinajstić information content (AvgIpc) is 3.40. The van der Waals surface area contributed by atoms with E-state index in [2.05, 4.69) is 27.7 Å². The van der Waals surface area contributed by atoms with Gasteiger partial charge < -0.3 is 28.7 Å². The fourth-order valence-corrected chi connectivity index (χ4v) is 9.94. The highest BCUT2D eigenvalue weighted by Gasteiger charge is 2.45. The molecule has 0 aliphatic carbocycles. The van der Waals surface area contributed by atoms with Gasteiger partial charge in [0, 0.05) is 46.6 Å². The molecule has 2 aliphatic rings. The van der Waals surface area contributed by atoms with E-state index in [4.69, 9.17) is 18.9 Å². The molecule has 364 valence electrons. The van der Waals surface area contributed by atoms with Gasteiger partial charge in [-0.1, -0.05) is 66.2 Å². The molecule has 2 atom stereocenters. The van der Waals surface area contributed by atoms with Crippen molar-refractivity contribution < 1.29 is 38.1 Å². The molecule has 8 rings (SSSR count). The van der Waals surface area contributed by atoms with E-state index in [1.54, 1.807) is 40.6 Å². The number of hydrogen-bond donors (Lipinski definition) is 0. The topological polar surface area (TPSA) is 118 Å². The van der Waals surface area contributed by atoms with Crippen LogP contribution in [0.1, 0.15) is 120 Å². The van der Waals surface area contributed by atoms with Crippen LogP contribution in [0.15, 0.2) is 109 Å². The molecular formula is C58H64N4O8. The van der Waals surface area contributed by atoms with Crippen molar-refractivity contribution in [3.05, 3.63) is 131 Å². The summed E-state index contributed by atoms with van der Waals surface area (Å²) in [6, 6.07) is 33.4. The van der Waals surface area contributed by atoms with Crippen LogP contribution in [-0.4, -0.2) is 75.0 Å². The molecule has 6 aromatic carbocycles. The van der Waals surface area contributed by atoms with E-state index < -0.39 is 23.6 Å². The van der Waals surface area contributed by atoms with Gasteiger partial charge in [-0.2, -0.15) is 0 Å². The Labute approximate surface area is 411 Å². The SMILES string of the molecule is CCCCC(CC)CN1C(=O)c2cc(N(c3ccc(OC)cc3)c3ccc(OC)cc3)c3c4c(cc(N(c5ccc(OC)cc5)c5ccc(OC)cc5)c(c24)C1=O)C(=O)N(CC(CC)CCCC)C3=O. The Kier molecular flexibility index (Phi) is 15.1. The number of anilines is 6. The summed E-state index contributed by atoms with van der Waals surface area (Å²) in [6.45, 7) is 8.84. The Hall–Kier alpha value is -7.34. The van der Waals surface area contributed by atoms with Crippen LogP contribution in [0.3, 0.4) is 0 Å². The van der Waals surface area contributed by atoms with Gasteiger partial charge in [0.2, 0.25) is 0 Å². The molecule has 0 aromatic heterocycles. The second-order valence-electron chi connectivity index (χ2n) is 18.1. The normalized spacial score (nSPS) is 13.9. The van der Waals surface area contributed by atoms with E-state index in [-0.39, 0.29) is 58.0 Å². The molecule has 12 heteroatoms. The Bertz CT molecular complexity index is 2570. The summed E-state index contributed by atoms with van der Waals surface area (Å²) in [5.41, 5.74) is 4.36. The van der Waals surface area contributed by atoms with Crippen molar-refractivity contribution in [2.45, 2.75) is 79.1 Å². The van der Waals surface area contributed by atoms with E-state index in [0.717, 1.165) is 51.4 Å². The lowest BCUT2D eigenvalue weighted by Gasteiger charge is -2.39. The molecular weight excluding hydrogens is 881 g/mol. The minimum Gasteiger partial charge on any atom is -0.497 e. The van der Waals surface area contributed by atoms with Crippen LogP contribution in [0.2, 0.25) is 0 Å². The third kappa shape index (κ3) is 9.26. The van der Waals surface area contributed by atoms with Crippen molar-refractivity contribution in [3.8, 4) is 23.0 Å². The van der Waals surface area contributed by atoms with E-state index in [1.165, 1.54) is 9.80 Å². The van der Waals surface area contributed by atoms with Gasteiger partial charge >= 0.3 is 0 Å². The van der Waals surface area contributed by atoms with Crippen molar-refractivity contribution in [3.63, 3.8) is 0 Å². The zero-order chi connectivity index (χ0) is 49.6. The van der Waals surface area contributed by atoms with E-state index in [0.29, 0.717) is 57.1 Å². The van der Waals surface area contributed by atoms with E-state index in [9.17, 15) is 0 Å². The number of amides is 4. The smallest absolute Gasteiger partial charge is 0.263 e. The minimum absolute atomic E-state index is 0.0375. The molecule has 2 aliphatic heterocycles. The standard InChI is InChI=1S/C58H64N4O8/c1-9-13-15-37(11-3)35-59-55(63)47-33-50(62(41-21-29-45(69-7)30-22-41)42-23-31-46(70-8)32-24-42)54-52-48(56(64)60(58(54)66)36-38(12-4)16-14-10-2)34-49(53(51(47)52)57(59)65)61(39-17-25-43(67-5)26-18-39)40-19-27-44(68-6)28-20-40/h17-34,37-38H,9-16,35-36H2,1-8H3. The number of hydrogen-bond acceptors (Lipinski definition) is 10. The number of rotatable bonds is 22. The number of carbonyl (C=O) groups is 4. The van der Waals surface area contributed by atoms with Gasteiger partial charge in [-0.25, -0.2) is 0 Å². The number of carbonyl (C=O) groups excluding carboxylic acids is 4. The zero-order valence-electron chi connectivity index (χ0n) is 41.7. The third-order valence-electron chi connectivity index (χ3n) is 14.0. The third-order valence-corrected chi connectivity index (χ3v) is 14.0. The first-order valence-corrected chi connectivity index (χ1v) is 24.6. The maximum atomic E-state index is 15.8. The predicted octanol–water partition coefficient (Wildman–Crippen LogP) is 13.4. The number of methoxy groups -OCH3 is 4. The second-order valence-corrected chi connectivity index (χ2v) is 18.1. The lowest BCUT2D eigenvalue weighted by molar-refractivity contribution is 0.0559. The number of ether oxygens (including phenoxy) is 4. The molecule has 0 saturated carbocycles. The van der Waals surface area contributed by atoms with E-state index >= 15 is 19.2 Å². The molecule has 0 N–H and O–H groups in total. The second kappa shape index (κ2) is 21.5. The highest BCUT2D eigenvalue weighted by molar-refractivity contribution is 6.37. The molecule has 4 amide bonds. The molecule has 0 bridgehead atoms. The lowest BCUT2D eigenvalue weighted by Crippen LogP contribution is -2.46. The van der Waals surface area contributed by atoms with Gasteiger partial charge in [-0.15, -0.1) is 0 Å². The van der Waals surface area contributed by atoms with Gasteiger partial charge in [-0.3, -0.25) is 29.0 Å². The summed E-state index contributed by atoms with van der Waals surface area (Å²) in [4.78, 5) is 69.4. The number of benzene rings is 6. The quantitative estimate of drug-likeness (QED) is 0.0609. The van der Waals surface area contributed by atoms with Gasteiger partial charge in [0.1, 0.15) is 23.0 Å². The Balaban J connectivity index is 1.51. The number of imide groups is 2. The van der Waals surface area contributed by atoms with Crippen molar-refractivity contribution in [2.24, 2.45) is 11.8 Å². The number of unbranched alkanes of at least 4 members (excludes halogenated alkanes) is 2. The van der Waals surface area contributed by atoms with Gasteiger partial charge in [0.15, 0.2) is 0 Å². The highest BCUT2D eigenvalue weighted by atomic mass is 16.5. The predicted molar refractivity (Wildman–Crippen MR) is 277 cm³/mol. The van der Waals surface area contributed by atoms with Gasteiger partial charge in [0.25, 0.3) is 23.6 Å². The maximum absolute atomic E-state index is 15.8. The largest absolute Gasteiger partial charge is 0.497 e. The van der Waals surface area contributed by atoms with Crippen LogP contribution in [0.5, 0.6) is 23.0 Å². The van der Waals surface area contributed by atoms with Crippen LogP contribution >= 0.6 is 0 Å². The van der Waals surface area contributed by atoms with Crippen molar-refractivity contribution in [1.29, 1.82) is 0 Å². The van der Waals surface area contributed by atoms with Crippen LogP contribution < -0.4 is 28.7 Å². The minimum atomic E-state index is -0.491. The van der Waals surface area contributed by atoms with Crippen molar-refractivity contribution in [2.75, 3.05) is 51.3 Å². The summed E-state index contributed by atoms with van der Waals surface area (Å²) in [5.74, 6) is 0.658. The molecule has 70 heavy (non-hydrogen) atoms. The molecule has 0 radical (unpaired) electrons. The van der Waals surface area contributed by atoms with Crippen LogP contribution in [0.25, 0.3) is 10.8 Å². The first kappa shape index (κ1) is 49.1. The fourth-order valence-electron chi connectivity index (χ4n) is 9.94. The number of nitrogens with zero attached hydrogens (tertiary/aromatic N) is 4. The summed E-state index contributed by atoms with van der Waals surface area (Å²) in [6.07, 6.45) is 7.04. The Morgan fingerprint density at radius 1 is 0.429 bits per heavy atom. The summed E-state index contributed by atoms with van der Waals surface area (Å²) in [5, 5.41) is 0.546. The summed E-state index contributed by atoms with van der Waals surface area (Å²) < 4.78 is 22.3. The van der Waals surface area contributed by atoms with Crippen molar-refractivity contribution in [1.82, 2.24) is 9.80 Å². The highest BCUT2D eigenvalue weighted by Crippen LogP contribution is 2.51. The van der Waals surface area contributed by atoms with Gasteiger partial charge in [0.05, 0.1) is 62.1 Å². The van der Waals surface area contributed by atoms with E-state index in [1.807, 2.05) is 107 Å². The summed E-state index contributed by atoms with van der Waals surface area (Å²) in [7, 11) is 6.41. The monoisotopic (exact) mass is 944 g/mol. The Morgan fingerprint density at radius 3 is 0.957 bits per heavy atom. The molecule has 12 nitrogen and oxygen atoms in total. The lowest BCUT2D eigenvalue weighted by atomic mass is 9.82. The first-order chi connectivity index (χ1) is 34.0. The first-order valence-electron chi connectivity index (χ1n) is 24.6. The summed E-state index contributed by atoms with van der Waals surface area (Å²) >= 11 is 0. The van der Waals surface area contributed by atoms with Gasteiger partial charge in [-0.05, 0) is 134 Å². The molecule has 0 spiro atoms. The molecule has 2 unspecified atom stereocenters. The Morgan fingerprint density at radius 2 is 0.714 bits per heavy atom. The molecule has 0 fully saturated rings. The van der Waals surface area contributed by atoms with Crippen LogP contribution in [-0.2, 0) is 0 Å². The molecule has 0 saturated heterocycles. The molecule has 2 heterocycles. The molecule has 6 aromatic rings. The fraction of sp³-hybridized carbons (Fsp3) is 0.345.